The Kier molecular flexibility index (Phi) is 6.56. The predicted octanol–water partition coefficient (Wildman–Crippen LogP) is 4.52. The van der Waals surface area contributed by atoms with Gasteiger partial charge in [-0.25, -0.2) is 0 Å². The monoisotopic (exact) mass is 352 g/mol. The van der Waals surface area contributed by atoms with Crippen molar-refractivity contribution in [3.05, 3.63) is 59.7 Å². The van der Waals surface area contributed by atoms with Gasteiger partial charge in [-0.2, -0.15) is 0 Å². The van der Waals surface area contributed by atoms with E-state index in [2.05, 4.69) is 13.8 Å². The third-order valence-corrected chi connectivity index (χ3v) is 4.45. The molecule has 0 fully saturated rings. The van der Waals surface area contributed by atoms with Gasteiger partial charge in [-0.05, 0) is 49.1 Å². The van der Waals surface area contributed by atoms with E-state index in [9.17, 15) is 9.59 Å². The lowest BCUT2D eigenvalue weighted by molar-refractivity contribution is -0.121. The Balaban J connectivity index is 2.32. The van der Waals surface area contributed by atoms with Crippen LogP contribution in [0.5, 0.6) is 0 Å². The number of hydrogen-bond donors (Lipinski definition) is 0. The second kappa shape index (κ2) is 8.65. The number of anilines is 2. The summed E-state index contributed by atoms with van der Waals surface area (Å²) in [6, 6.07) is 15.6. The molecule has 2 rings (SSSR count). The van der Waals surface area contributed by atoms with Crippen LogP contribution in [0.3, 0.4) is 0 Å². The van der Waals surface area contributed by atoms with E-state index in [1.54, 1.807) is 9.80 Å². The molecular formula is C22H28N2O2. The summed E-state index contributed by atoms with van der Waals surface area (Å²) in [5, 5.41) is 0. The molecule has 0 bridgehead atoms. The Hall–Kier alpha value is -2.62. The fraction of sp³-hybridized carbons (Fsp3) is 0.364. The highest BCUT2D eigenvalue weighted by Crippen LogP contribution is 2.28. The van der Waals surface area contributed by atoms with Gasteiger partial charge in [0.05, 0.1) is 0 Å². The van der Waals surface area contributed by atoms with Crippen molar-refractivity contribution in [2.45, 2.75) is 40.5 Å². The second-order valence-corrected chi connectivity index (χ2v) is 6.80. The SMILES string of the molecule is CCN(C(=O)CN(C(C)=O)c1ccccc1C(C)C)c1cccc(C)c1. The van der Waals surface area contributed by atoms with E-state index < -0.39 is 0 Å². The van der Waals surface area contributed by atoms with E-state index in [0.717, 1.165) is 22.5 Å². The maximum atomic E-state index is 13.0. The first kappa shape index (κ1) is 19.7. The van der Waals surface area contributed by atoms with Crippen LogP contribution in [0.1, 0.15) is 44.7 Å². The highest BCUT2D eigenvalue weighted by Gasteiger charge is 2.23. The maximum absolute atomic E-state index is 13.0. The number of aryl methyl sites for hydroxylation is 1. The van der Waals surface area contributed by atoms with Gasteiger partial charge >= 0.3 is 0 Å². The number of carbonyl (C=O) groups excluding carboxylic acids is 2. The summed E-state index contributed by atoms with van der Waals surface area (Å²) in [7, 11) is 0. The van der Waals surface area contributed by atoms with Crippen molar-refractivity contribution >= 4 is 23.2 Å². The van der Waals surface area contributed by atoms with E-state index >= 15 is 0 Å². The Morgan fingerprint density at radius 3 is 2.27 bits per heavy atom. The second-order valence-electron chi connectivity index (χ2n) is 6.80. The molecule has 2 aromatic rings. The van der Waals surface area contributed by atoms with Crippen LogP contribution in [0.2, 0.25) is 0 Å². The maximum Gasteiger partial charge on any atom is 0.247 e. The molecule has 0 radical (unpaired) electrons. The normalized spacial score (nSPS) is 10.7. The average molecular weight is 352 g/mol. The molecule has 0 N–H and O–H groups in total. The lowest BCUT2D eigenvalue weighted by atomic mass is 10.0. The van der Waals surface area contributed by atoms with Crippen LogP contribution in [0, 0.1) is 6.92 Å². The van der Waals surface area contributed by atoms with E-state index in [4.69, 9.17) is 0 Å². The molecule has 0 aliphatic rings. The van der Waals surface area contributed by atoms with Gasteiger partial charge in [0.2, 0.25) is 11.8 Å². The summed E-state index contributed by atoms with van der Waals surface area (Å²) in [5.74, 6) is 0.0424. The highest BCUT2D eigenvalue weighted by molar-refractivity contribution is 6.03. The minimum Gasteiger partial charge on any atom is -0.311 e. The molecule has 0 saturated heterocycles. The van der Waals surface area contributed by atoms with Crippen LogP contribution >= 0.6 is 0 Å². The van der Waals surface area contributed by atoms with Gasteiger partial charge in [-0.15, -0.1) is 0 Å². The Morgan fingerprint density at radius 1 is 1.00 bits per heavy atom. The van der Waals surface area contributed by atoms with Crippen LogP contribution in [-0.4, -0.2) is 24.9 Å². The highest BCUT2D eigenvalue weighted by atomic mass is 16.2. The van der Waals surface area contributed by atoms with Crippen LogP contribution in [-0.2, 0) is 9.59 Å². The minimum atomic E-state index is -0.133. The number of hydrogen-bond acceptors (Lipinski definition) is 2. The molecule has 0 aliphatic carbocycles. The molecule has 0 unspecified atom stereocenters. The quantitative estimate of drug-likeness (QED) is 0.767. The first-order valence-electron chi connectivity index (χ1n) is 9.09. The van der Waals surface area contributed by atoms with Crippen LogP contribution in [0.25, 0.3) is 0 Å². The molecule has 2 amide bonds. The van der Waals surface area contributed by atoms with Crippen LogP contribution < -0.4 is 9.80 Å². The molecule has 4 nitrogen and oxygen atoms in total. The number of likely N-dealkylation sites (N-methyl/N-ethyl adjacent to an activating group) is 1. The fourth-order valence-electron chi connectivity index (χ4n) is 3.11. The molecule has 0 heterocycles. The molecule has 0 spiro atoms. The van der Waals surface area contributed by atoms with E-state index in [0.29, 0.717) is 6.54 Å². The molecule has 26 heavy (non-hydrogen) atoms. The summed E-state index contributed by atoms with van der Waals surface area (Å²) < 4.78 is 0. The lowest BCUT2D eigenvalue weighted by Gasteiger charge is -2.28. The van der Waals surface area contributed by atoms with Crippen molar-refractivity contribution in [1.29, 1.82) is 0 Å². The predicted molar refractivity (Wildman–Crippen MR) is 108 cm³/mol. The van der Waals surface area contributed by atoms with E-state index in [-0.39, 0.29) is 24.3 Å². The summed E-state index contributed by atoms with van der Waals surface area (Å²) in [6.45, 7) is 10.2. The molecule has 0 saturated carbocycles. The van der Waals surface area contributed by atoms with E-state index in [1.807, 2.05) is 62.4 Å². The van der Waals surface area contributed by atoms with Gasteiger partial charge in [0.25, 0.3) is 0 Å². The molecule has 0 aromatic heterocycles. The van der Waals surface area contributed by atoms with Gasteiger partial charge in [0.1, 0.15) is 6.54 Å². The summed E-state index contributed by atoms with van der Waals surface area (Å²) in [5.41, 5.74) is 3.83. The molecule has 2 aromatic carbocycles. The number of amides is 2. The summed E-state index contributed by atoms with van der Waals surface area (Å²) in [4.78, 5) is 28.6. The molecule has 0 atom stereocenters. The molecule has 138 valence electrons. The largest absolute Gasteiger partial charge is 0.311 e. The third-order valence-electron chi connectivity index (χ3n) is 4.45. The van der Waals surface area contributed by atoms with Crippen LogP contribution in [0.4, 0.5) is 11.4 Å². The Morgan fingerprint density at radius 2 is 1.69 bits per heavy atom. The van der Waals surface area contributed by atoms with Crippen molar-refractivity contribution in [2.75, 3.05) is 22.9 Å². The topological polar surface area (TPSA) is 40.6 Å². The van der Waals surface area contributed by atoms with Crippen LogP contribution in [0.15, 0.2) is 48.5 Å². The number of rotatable bonds is 6. The van der Waals surface area contributed by atoms with Crippen molar-refractivity contribution in [3.63, 3.8) is 0 Å². The number of nitrogens with zero attached hydrogens (tertiary/aromatic N) is 2. The Bertz CT molecular complexity index is 783. The third kappa shape index (κ3) is 4.51. The minimum absolute atomic E-state index is 0.0286. The average Bonchev–Trinajstić information content (AvgIpc) is 2.60. The van der Waals surface area contributed by atoms with Gasteiger partial charge in [-0.3, -0.25) is 9.59 Å². The number of para-hydroxylation sites is 1. The fourth-order valence-corrected chi connectivity index (χ4v) is 3.11. The number of benzene rings is 2. The summed E-state index contributed by atoms with van der Waals surface area (Å²) >= 11 is 0. The molecule has 4 heteroatoms. The van der Waals surface area contributed by atoms with Gasteiger partial charge in [-0.1, -0.05) is 44.2 Å². The van der Waals surface area contributed by atoms with Crippen molar-refractivity contribution in [2.24, 2.45) is 0 Å². The Labute approximate surface area is 156 Å². The summed E-state index contributed by atoms with van der Waals surface area (Å²) in [6.07, 6.45) is 0. The zero-order chi connectivity index (χ0) is 19.3. The van der Waals surface area contributed by atoms with Crippen molar-refractivity contribution in [3.8, 4) is 0 Å². The first-order valence-corrected chi connectivity index (χ1v) is 9.09. The molecule has 0 aliphatic heterocycles. The number of carbonyl (C=O) groups is 2. The zero-order valence-corrected chi connectivity index (χ0v) is 16.3. The first-order chi connectivity index (χ1) is 12.3. The van der Waals surface area contributed by atoms with Gasteiger partial charge in [0, 0.05) is 24.8 Å². The van der Waals surface area contributed by atoms with Crippen molar-refractivity contribution in [1.82, 2.24) is 0 Å². The van der Waals surface area contributed by atoms with E-state index in [1.165, 1.54) is 6.92 Å². The van der Waals surface area contributed by atoms with Crippen molar-refractivity contribution < 1.29 is 9.59 Å². The lowest BCUT2D eigenvalue weighted by Crippen LogP contribution is -2.42. The van der Waals surface area contributed by atoms with Gasteiger partial charge < -0.3 is 9.80 Å². The standard InChI is InChI=1S/C22H28N2O2/c1-6-23(19-11-9-10-17(4)14-19)22(26)15-24(18(5)25)21-13-8-7-12-20(21)16(2)3/h7-14,16H,6,15H2,1-5H3. The zero-order valence-electron chi connectivity index (χ0n) is 16.3. The smallest absolute Gasteiger partial charge is 0.247 e. The molecular weight excluding hydrogens is 324 g/mol. The van der Waals surface area contributed by atoms with Gasteiger partial charge in [0.15, 0.2) is 0 Å².